The van der Waals surface area contributed by atoms with Crippen LogP contribution in [0.2, 0.25) is 0 Å². The van der Waals surface area contributed by atoms with Crippen LogP contribution in [0.3, 0.4) is 0 Å². The largest absolute Gasteiger partial charge is 0.331 e. The second kappa shape index (κ2) is 8.30. The van der Waals surface area contributed by atoms with E-state index in [4.69, 9.17) is 0 Å². The lowest BCUT2D eigenvalue weighted by Crippen LogP contribution is -2.35. The molecule has 1 saturated heterocycles. The van der Waals surface area contributed by atoms with E-state index in [1.165, 1.54) is 21.3 Å². The predicted molar refractivity (Wildman–Crippen MR) is 123 cm³/mol. The SMILES string of the molecule is CC(=O)N1CCN(c2cccc(NC(=O)C(C)n3ccc4ccccc4c3=O)c2C)C1=O. The van der Waals surface area contributed by atoms with Gasteiger partial charge in [0.15, 0.2) is 0 Å². The van der Waals surface area contributed by atoms with Crippen molar-refractivity contribution in [2.75, 3.05) is 23.3 Å². The first-order valence-corrected chi connectivity index (χ1v) is 10.4. The number of amides is 4. The number of carbonyl (C=O) groups is 3. The minimum Gasteiger partial charge on any atom is -0.324 e. The summed E-state index contributed by atoms with van der Waals surface area (Å²) in [6.45, 7) is 5.55. The molecule has 4 amide bonds. The molecule has 0 saturated carbocycles. The van der Waals surface area contributed by atoms with Gasteiger partial charge in [-0.2, -0.15) is 0 Å². The molecule has 0 spiro atoms. The number of nitrogens with zero attached hydrogens (tertiary/aromatic N) is 3. The summed E-state index contributed by atoms with van der Waals surface area (Å²) in [6, 6.07) is 13.2. The number of nitrogens with one attached hydrogen (secondary N) is 1. The number of imide groups is 1. The predicted octanol–water partition coefficient (Wildman–Crippen LogP) is 3.30. The molecule has 8 heteroatoms. The third-order valence-corrected chi connectivity index (χ3v) is 5.88. The van der Waals surface area contributed by atoms with E-state index in [1.54, 1.807) is 43.5 Å². The Hall–Kier alpha value is -3.94. The van der Waals surface area contributed by atoms with Gasteiger partial charge < -0.3 is 9.88 Å². The highest BCUT2D eigenvalue weighted by atomic mass is 16.2. The molecule has 1 unspecified atom stereocenters. The van der Waals surface area contributed by atoms with Crippen LogP contribution >= 0.6 is 0 Å². The zero-order valence-electron chi connectivity index (χ0n) is 18.2. The quantitative estimate of drug-likeness (QED) is 0.685. The number of rotatable bonds is 4. The average molecular weight is 432 g/mol. The second-order valence-electron chi connectivity index (χ2n) is 7.84. The Balaban J connectivity index is 1.59. The molecule has 1 aliphatic heterocycles. The molecule has 2 heterocycles. The van der Waals surface area contributed by atoms with Crippen molar-refractivity contribution in [1.82, 2.24) is 9.47 Å². The molecule has 3 aromatic rings. The van der Waals surface area contributed by atoms with Crippen molar-refractivity contribution in [3.8, 4) is 0 Å². The molecule has 1 aromatic heterocycles. The van der Waals surface area contributed by atoms with Crippen molar-refractivity contribution in [3.05, 3.63) is 70.6 Å². The van der Waals surface area contributed by atoms with Gasteiger partial charge in [0.25, 0.3) is 5.56 Å². The third-order valence-electron chi connectivity index (χ3n) is 5.88. The van der Waals surface area contributed by atoms with Gasteiger partial charge in [-0.25, -0.2) is 4.79 Å². The van der Waals surface area contributed by atoms with Gasteiger partial charge in [0.2, 0.25) is 11.8 Å². The van der Waals surface area contributed by atoms with Crippen molar-refractivity contribution < 1.29 is 14.4 Å². The molecule has 0 radical (unpaired) electrons. The summed E-state index contributed by atoms with van der Waals surface area (Å²) < 4.78 is 1.41. The van der Waals surface area contributed by atoms with Crippen molar-refractivity contribution in [3.63, 3.8) is 0 Å². The van der Waals surface area contributed by atoms with E-state index in [-0.39, 0.29) is 23.4 Å². The van der Waals surface area contributed by atoms with E-state index in [9.17, 15) is 19.2 Å². The number of benzene rings is 2. The first kappa shape index (κ1) is 21.3. The van der Waals surface area contributed by atoms with E-state index in [0.717, 1.165) is 5.39 Å². The lowest BCUT2D eigenvalue weighted by Gasteiger charge is -2.22. The number of fused-ring (bicyclic) bond motifs is 1. The summed E-state index contributed by atoms with van der Waals surface area (Å²) in [6.07, 6.45) is 1.62. The van der Waals surface area contributed by atoms with Crippen LogP contribution in [0, 0.1) is 6.92 Å². The van der Waals surface area contributed by atoms with Crippen molar-refractivity contribution in [2.24, 2.45) is 0 Å². The third kappa shape index (κ3) is 3.64. The lowest BCUT2D eigenvalue weighted by molar-refractivity contribution is -0.125. The van der Waals surface area contributed by atoms with Gasteiger partial charge in [-0.05, 0) is 49.1 Å². The van der Waals surface area contributed by atoms with E-state index in [2.05, 4.69) is 5.32 Å². The summed E-state index contributed by atoms with van der Waals surface area (Å²) in [4.78, 5) is 52.8. The van der Waals surface area contributed by atoms with Crippen LogP contribution in [0.1, 0.15) is 25.5 Å². The monoisotopic (exact) mass is 432 g/mol. The number of hydrogen-bond donors (Lipinski definition) is 1. The van der Waals surface area contributed by atoms with Gasteiger partial charge in [0, 0.05) is 37.3 Å². The Bertz CT molecular complexity index is 1300. The van der Waals surface area contributed by atoms with Gasteiger partial charge in [-0.1, -0.05) is 24.3 Å². The fraction of sp³-hybridized carbons (Fsp3) is 0.250. The van der Waals surface area contributed by atoms with Crippen LogP contribution in [-0.4, -0.2) is 40.4 Å². The number of aromatic nitrogens is 1. The fourth-order valence-corrected chi connectivity index (χ4v) is 3.98. The first-order valence-electron chi connectivity index (χ1n) is 10.4. The highest BCUT2D eigenvalue weighted by Gasteiger charge is 2.33. The van der Waals surface area contributed by atoms with E-state index >= 15 is 0 Å². The van der Waals surface area contributed by atoms with Gasteiger partial charge in [0.05, 0.1) is 5.69 Å². The number of hydrogen-bond acceptors (Lipinski definition) is 4. The van der Waals surface area contributed by atoms with Crippen molar-refractivity contribution >= 4 is 40.0 Å². The zero-order chi connectivity index (χ0) is 23.0. The normalized spacial score (nSPS) is 14.7. The topological polar surface area (TPSA) is 91.7 Å². The molecule has 1 fully saturated rings. The molecule has 8 nitrogen and oxygen atoms in total. The molecule has 2 aromatic carbocycles. The number of pyridine rings is 1. The number of carbonyl (C=O) groups excluding carboxylic acids is 3. The summed E-state index contributed by atoms with van der Waals surface area (Å²) in [5.41, 5.74) is 1.65. The summed E-state index contributed by atoms with van der Waals surface area (Å²) in [7, 11) is 0. The Kier molecular flexibility index (Phi) is 5.52. The molecule has 164 valence electrons. The Morgan fingerprint density at radius 1 is 1.00 bits per heavy atom. The summed E-state index contributed by atoms with van der Waals surface area (Å²) in [5, 5.41) is 4.25. The maximum atomic E-state index is 13.0. The maximum absolute atomic E-state index is 13.0. The lowest BCUT2D eigenvalue weighted by atomic mass is 10.1. The van der Waals surface area contributed by atoms with Crippen LogP contribution in [0.15, 0.2) is 59.5 Å². The van der Waals surface area contributed by atoms with Crippen molar-refractivity contribution in [1.29, 1.82) is 0 Å². The van der Waals surface area contributed by atoms with Crippen LogP contribution in [0.4, 0.5) is 16.2 Å². The maximum Gasteiger partial charge on any atom is 0.331 e. The molecule has 32 heavy (non-hydrogen) atoms. The Morgan fingerprint density at radius 2 is 1.75 bits per heavy atom. The minimum atomic E-state index is -0.739. The van der Waals surface area contributed by atoms with Gasteiger partial charge in [-0.15, -0.1) is 0 Å². The molecule has 1 aliphatic rings. The molecule has 1 N–H and O–H groups in total. The average Bonchev–Trinajstić information content (AvgIpc) is 3.16. The molecule has 0 aliphatic carbocycles. The van der Waals surface area contributed by atoms with Gasteiger partial charge >= 0.3 is 6.03 Å². The molecule has 0 bridgehead atoms. The number of urea groups is 1. The summed E-state index contributed by atoms with van der Waals surface area (Å²) in [5.74, 6) is -0.644. The second-order valence-corrected chi connectivity index (χ2v) is 7.84. The first-order chi connectivity index (χ1) is 15.3. The summed E-state index contributed by atoms with van der Waals surface area (Å²) >= 11 is 0. The van der Waals surface area contributed by atoms with E-state index < -0.39 is 6.04 Å². The van der Waals surface area contributed by atoms with Crippen molar-refractivity contribution in [2.45, 2.75) is 26.8 Å². The fourth-order valence-electron chi connectivity index (χ4n) is 3.98. The molecule has 1 atom stereocenters. The van der Waals surface area contributed by atoms with E-state index in [0.29, 0.717) is 35.4 Å². The van der Waals surface area contributed by atoms with Crippen LogP contribution in [0.25, 0.3) is 10.8 Å². The van der Waals surface area contributed by atoms with Gasteiger partial charge in [0.1, 0.15) is 6.04 Å². The Morgan fingerprint density at radius 3 is 2.47 bits per heavy atom. The molecule has 4 rings (SSSR count). The molecular formula is C24H24N4O4. The smallest absolute Gasteiger partial charge is 0.324 e. The van der Waals surface area contributed by atoms with Crippen LogP contribution in [-0.2, 0) is 9.59 Å². The van der Waals surface area contributed by atoms with E-state index in [1.807, 2.05) is 25.1 Å². The highest BCUT2D eigenvalue weighted by Crippen LogP contribution is 2.30. The zero-order valence-corrected chi connectivity index (χ0v) is 18.2. The van der Waals surface area contributed by atoms with Gasteiger partial charge in [-0.3, -0.25) is 24.2 Å². The number of anilines is 2. The standard InChI is InChI=1S/C24H24N4O4/c1-15-20(9-6-10-21(15)28-14-13-27(17(3)29)24(28)32)25-22(30)16(2)26-12-11-18-7-4-5-8-19(18)23(26)31/h4-12,16H,13-14H2,1-3H3,(H,25,30). The van der Waals surface area contributed by atoms with Crippen LogP contribution < -0.4 is 15.8 Å². The molecular weight excluding hydrogens is 408 g/mol. The highest BCUT2D eigenvalue weighted by molar-refractivity contribution is 6.05. The van der Waals surface area contributed by atoms with Crippen LogP contribution in [0.5, 0.6) is 0 Å². The Labute approximate surface area is 185 Å². The minimum absolute atomic E-state index is 0.233.